The summed E-state index contributed by atoms with van der Waals surface area (Å²) in [7, 11) is 0. The van der Waals surface area contributed by atoms with Crippen LogP contribution in [0.2, 0.25) is 0 Å². The Balaban J connectivity index is 0.701. The summed E-state index contributed by atoms with van der Waals surface area (Å²) in [5.41, 5.74) is 4.38. The molecule has 0 saturated carbocycles. The fourth-order valence-corrected chi connectivity index (χ4v) is 9.78. The predicted octanol–water partition coefficient (Wildman–Crippen LogP) is 2.59. The van der Waals surface area contributed by atoms with Crippen LogP contribution in [-0.2, 0) is 9.59 Å². The van der Waals surface area contributed by atoms with Crippen LogP contribution in [-0.4, -0.2) is 168 Å². The molecule has 60 heavy (non-hydrogen) atoms. The maximum absolute atomic E-state index is 13.4. The van der Waals surface area contributed by atoms with Gasteiger partial charge in [-0.05, 0) is 102 Å². The molecule has 0 bridgehead atoms. The Bertz CT molecular complexity index is 2190. The molecule has 7 heterocycles. The quantitative estimate of drug-likeness (QED) is 0.243. The normalized spacial score (nSPS) is 25.3. The zero-order chi connectivity index (χ0) is 41.5. The number of benzene rings is 2. The second-order valence-electron chi connectivity index (χ2n) is 17.5. The summed E-state index contributed by atoms with van der Waals surface area (Å²) in [5.74, 6) is -0.373. The number of hydrogen-bond donors (Lipinski definition) is 3. The van der Waals surface area contributed by atoms with E-state index in [1.54, 1.807) is 12.1 Å². The summed E-state index contributed by atoms with van der Waals surface area (Å²) < 4.78 is 5.96. The third kappa shape index (κ3) is 8.29. The Labute approximate surface area is 350 Å². The van der Waals surface area contributed by atoms with Crippen molar-refractivity contribution in [1.29, 1.82) is 0 Å². The molecular formula is C44H57N11O5. The lowest BCUT2D eigenvalue weighted by Gasteiger charge is -2.43. The minimum atomic E-state index is -0.955. The van der Waals surface area contributed by atoms with Crippen molar-refractivity contribution in [3.05, 3.63) is 59.3 Å². The number of carbonyl (C=O) groups is 4. The Morgan fingerprint density at radius 1 is 0.850 bits per heavy atom. The maximum Gasteiger partial charge on any atom is 0.262 e. The average Bonchev–Trinajstić information content (AvgIpc) is 3.78. The second kappa shape index (κ2) is 17.1. The highest BCUT2D eigenvalue weighted by atomic mass is 16.5. The van der Waals surface area contributed by atoms with E-state index in [0.29, 0.717) is 23.1 Å². The first-order chi connectivity index (χ1) is 29.1. The third-order valence-corrected chi connectivity index (χ3v) is 13.2. The Morgan fingerprint density at radius 3 is 2.42 bits per heavy atom. The minimum absolute atomic E-state index is 0.0358. The number of rotatable bonds is 11. The first kappa shape index (κ1) is 40.3. The van der Waals surface area contributed by atoms with Gasteiger partial charge in [-0.15, -0.1) is 0 Å². The molecule has 16 nitrogen and oxygen atoms in total. The monoisotopic (exact) mass is 819 g/mol. The Hall–Kier alpha value is -5.16. The van der Waals surface area contributed by atoms with E-state index < -0.39 is 23.8 Å². The molecule has 6 aliphatic rings. The summed E-state index contributed by atoms with van der Waals surface area (Å²) in [6, 6.07) is 10.9. The van der Waals surface area contributed by atoms with Gasteiger partial charge in [0.15, 0.2) is 0 Å². The molecule has 9 rings (SSSR count). The van der Waals surface area contributed by atoms with E-state index in [0.717, 1.165) is 117 Å². The molecule has 3 aromatic rings. The first-order valence-electron chi connectivity index (χ1n) is 21.8. The molecule has 3 atom stereocenters. The van der Waals surface area contributed by atoms with Crippen LogP contribution in [0.25, 0.3) is 16.6 Å². The molecule has 0 radical (unpaired) electrons. The van der Waals surface area contributed by atoms with Crippen molar-refractivity contribution in [3.8, 4) is 5.75 Å². The van der Waals surface area contributed by atoms with E-state index in [1.165, 1.54) is 12.8 Å². The number of anilines is 1. The van der Waals surface area contributed by atoms with Crippen LogP contribution in [0.15, 0.2) is 47.5 Å². The fraction of sp³-hybridized carbons (Fsp3) is 0.545. The molecule has 2 aromatic carbocycles. The Kier molecular flexibility index (Phi) is 11.5. The van der Waals surface area contributed by atoms with Gasteiger partial charge in [0.05, 0.1) is 34.8 Å². The standard InChI is InChI=1S/C44H57N11O5/c1-28(2)60-32-5-7-36-35(23-32)41(49-48-36)37-24-39(46-27-45-37)54-21-20-52(29(3)25-54)17-14-50-12-10-30(11-13-50)26-51-15-18-53(19-16-51)31-4-6-33-34(22-31)44(59)55(43(33)58)38-8-9-40(56)47-42(38)57/h4-7,22-24,27-30,38-39H,8-21,25-26H2,1-3H3,(H,45,46)(H,48,49)(H,47,56,57)/t29-,38?,39?/m0/s1. The first-order valence-corrected chi connectivity index (χ1v) is 21.8. The minimum Gasteiger partial charge on any atom is -0.491 e. The van der Waals surface area contributed by atoms with Crippen molar-refractivity contribution in [1.82, 2.24) is 45.3 Å². The van der Waals surface area contributed by atoms with E-state index in [1.807, 2.05) is 38.4 Å². The van der Waals surface area contributed by atoms with E-state index >= 15 is 0 Å². The second-order valence-corrected chi connectivity index (χ2v) is 17.5. The van der Waals surface area contributed by atoms with Crippen molar-refractivity contribution >= 4 is 52.3 Å². The number of nitrogens with one attached hydrogen (secondary N) is 3. The van der Waals surface area contributed by atoms with Crippen molar-refractivity contribution in [2.75, 3.05) is 83.4 Å². The molecule has 6 aliphatic heterocycles. The number of fused-ring (bicyclic) bond motifs is 2. The molecule has 16 heteroatoms. The maximum atomic E-state index is 13.4. The summed E-state index contributed by atoms with van der Waals surface area (Å²) >= 11 is 0. The third-order valence-electron chi connectivity index (χ3n) is 13.2. The summed E-state index contributed by atoms with van der Waals surface area (Å²) in [6.07, 6.45) is 6.76. The molecule has 318 valence electrons. The van der Waals surface area contributed by atoms with E-state index in [4.69, 9.17) is 9.73 Å². The number of aromatic nitrogens is 2. The molecule has 0 spiro atoms. The number of imide groups is 2. The molecule has 4 fully saturated rings. The van der Waals surface area contributed by atoms with Gasteiger partial charge < -0.3 is 19.9 Å². The van der Waals surface area contributed by atoms with Crippen LogP contribution in [0.4, 0.5) is 5.69 Å². The number of aliphatic imine (C=N–C) groups is 1. The smallest absolute Gasteiger partial charge is 0.262 e. The van der Waals surface area contributed by atoms with E-state index in [-0.39, 0.29) is 31.0 Å². The number of ether oxygens (including phenoxy) is 1. The zero-order valence-corrected chi connectivity index (χ0v) is 34.9. The fourth-order valence-electron chi connectivity index (χ4n) is 9.78. The summed E-state index contributed by atoms with van der Waals surface area (Å²) in [5, 5.41) is 14.4. The molecule has 2 unspecified atom stereocenters. The molecule has 1 aromatic heterocycles. The lowest BCUT2D eigenvalue weighted by Crippen LogP contribution is -2.56. The molecule has 3 N–H and O–H groups in total. The van der Waals surface area contributed by atoms with Gasteiger partial charge in [-0.25, -0.2) is 0 Å². The van der Waals surface area contributed by atoms with Gasteiger partial charge in [-0.2, -0.15) is 5.10 Å². The van der Waals surface area contributed by atoms with Crippen LogP contribution >= 0.6 is 0 Å². The van der Waals surface area contributed by atoms with Gasteiger partial charge in [-0.1, -0.05) is 0 Å². The lowest BCUT2D eigenvalue weighted by molar-refractivity contribution is -0.136. The lowest BCUT2D eigenvalue weighted by atomic mass is 9.96. The SMILES string of the molecule is CC(C)Oc1ccc2[nH]nc(C3=CC(N4CCN(CCN5CCC(CN6CCN(c7ccc8c(c7)C(=O)N(C7CCC(=O)NC7=O)C8=O)CC6)CC5)[C@@H](C)C4)N=CN3)c2c1. The van der Waals surface area contributed by atoms with Crippen molar-refractivity contribution in [2.24, 2.45) is 10.9 Å². The summed E-state index contributed by atoms with van der Waals surface area (Å²) in [6.45, 7) is 18.5. The highest BCUT2D eigenvalue weighted by Gasteiger charge is 2.45. The number of likely N-dealkylation sites (tertiary alicyclic amines) is 1. The van der Waals surface area contributed by atoms with Gasteiger partial charge in [0.2, 0.25) is 11.8 Å². The van der Waals surface area contributed by atoms with Gasteiger partial charge in [0.25, 0.3) is 11.8 Å². The largest absolute Gasteiger partial charge is 0.491 e. The van der Waals surface area contributed by atoms with Crippen molar-refractivity contribution < 1.29 is 23.9 Å². The number of piperazine rings is 2. The zero-order valence-electron chi connectivity index (χ0n) is 34.9. The highest BCUT2D eigenvalue weighted by molar-refractivity contribution is 6.23. The molecule has 4 saturated heterocycles. The van der Waals surface area contributed by atoms with Crippen LogP contribution in [0.3, 0.4) is 0 Å². The number of aromatic amines is 1. The number of nitrogens with zero attached hydrogens (tertiary/aromatic N) is 8. The van der Waals surface area contributed by atoms with Gasteiger partial charge >= 0.3 is 0 Å². The molecule has 4 amide bonds. The van der Waals surface area contributed by atoms with Crippen LogP contribution in [0, 0.1) is 5.92 Å². The van der Waals surface area contributed by atoms with Crippen molar-refractivity contribution in [3.63, 3.8) is 0 Å². The van der Waals surface area contributed by atoms with E-state index in [2.05, 4.69) is 64.4 Å². The van der Waals surface area contributed by atoms with E-state index in [9.17, 15) is 19.2 Å². The number of amides is 4. The van der Waals surface area contributed by atoms with Crippen LogP contribution in [0.5, 0.6) is 5.75 Å². The van der Waals surface area contributed by atoms with Crippen LogP contribution in [0.1, 0.15) is 72.9 Å². The van der Waals surface area contributed by atoms with Crippen molar-refractivity contribution in [2.45, 2.75) is 70.8 Å². The number of carbonyl (C=O) groups excluding carboxylic acids is 4. The van der Waals surface area contributed by atoms with Gasteiger partial charge in [0.1, 0.15) is 23.7 Å². The number of hydrogen-bond acceptors (Lipinski definition) is 13. The predicted molar refractivity (Wildman–Crippen MR) is 229 cm³/mol. The Morgan fingerprint density at radius 2 is 1.65 bits per heavy atom. The van der Waals surface area contributed by atoms with Gasteiger partial charge in [-0.3, -0.25) is 54.2 Å². The molecular weight excluding hydrogens is 763 g/mol. The number of piperidine rings is 2. The molecule has 0 aliphatic carbocycles. The topological polar surface area (TPSA) is 162 Å². The van der Waals surface area contributed by atoms with Crippen LogP contribution < -0.4 is 20.3 Å². The van der Waals surface area contributed by atoms with Gasteiger partial charge in [0, 0.05) is 89.0 Å². The summed E-state index contributed by atoms with van der Waals surface area (Å²) in [4.78, 5) is 69.0. The average molecular weight is 820 g/mol. The highest BCUT2D eigenvalue weighted by Crippen LogP contribution is 2.32. The number of H-pyrrole nitrogens is 1.